The molecule has 128 valence electrons. The highest BCUT2D eigenvalue weighted by molar-refractivity contribution is 7.98. The zero-order valence-corrected chi connectivity index (χ0v) is 14.7. The standard InChI is InChI=1S/C16H17N7OS/c1-22-14-13(20-21-22)15(18-9-17-14)23-7-10(8-23)16(24)19-11-5-3-4-6-12(11)25-2/h3-6,9-10H,7-8H2,1-2H3,(H,19,24). The van der Waals surface area contributed by atoms with Crippen LogP contribution in [0.3, 0.4) is 0 Å². The summed E-state index contributed by atoms with van der Waals surface area (Å²) in [5, 5.41) is 11.1. The molecule has 4 rings (SSSR count). The molecule has 1 aromatic carbocycles. The van der Waals surface area contributed by atoms with Gasteiger partial charge in [0.25, 0.3) is 0 Å². The molecular formula is C16H17N7OS. The fourth-order valence-corrected chi connectivity index (χ4v) is 3.43. The van der Waals surface area contributed by atoms with E-state index in [4.69, 9.17) is 0 Å². The molecule has 1 fully saturated rings. The minimum atomic E-state index is -0.0726. The summed E-state index contributed by atoms with van der Waals surface area (Å²) < 4.78 is 1.61. The van der Waals surface area contributed by atoms with E-state index in [0.29, 0.717) is 24.3 Å². The van der Waals surface area contributed by atoms with E-state index in [-0.39, 0.29) is 11.8 Å². The number of hydrogen-bond donors (Lipinski definition) is 1. The van der Waals surface area contributed by atoms with Crippen molar-refractivity contribution in [3.05, 3.63) is 30.6 Å². The number of nitrogens with zero attached hydrogens (tertiary/aromatic N) is 6. The second-order valence-corrected chi connectivity index (χ2v) is 6.72. The number of amides is 1. The first-order valence-electron chi connectivity index (χ1n) is 7.86. The summed E-state index contributed by atoms with van der Waals surface area (Å²) >= 11 is 1.62. The fraction of sp³-hybridized carbons (Fsp3) is 0.312. The number of carbonyl (C=O) groups excluding carboxylic acids is 1. The Labute approximate surface area is 148 Å². The Kier molecular flexibility index (Phi) is 4.00. The lowest BCUT2D eigenvalue weighted by Crippen LogP contribution is -2.52. The van der Waals surface area contributed by atoms with Gasteiger partial charge in [-0.25, -0.2) is 14.6 Å². The third-order valence-corrected chi connectivity index (χ3v) is 5.08. The maximum absolute atomic E-state index is 12.5. The Balaban J connectivity index is 1.45. The fourth-order valence-electron chi connectivity index (χ4n) is 2.87. The SMILES string of the molecule is CSc1ccccc1NC(=O)C1CN(c2ncnc3c2nnn3C)C1. The number of aryl methyl sites for hydroxylation is 1. The van der Waals surface area contributed by atoms with E-state index >= 15 is 0 Å². The predicted molar refractivity (Wildman–Crippen MR) is 96.7 cm³/mol. The van der Waals surface area contributed by atoms with E-state index in [0.717, 1.165) is 16.4 Å². The van der Waals surface area contributed by atoms with Crippen molar-refractivity contribution >= 4 is 40.3 Å². The quantitative estimate of drug-likeness (QED) is 0.710. The number of para-hydroxylation sites is 1. The summed E-state index contributed by atoms with van der Waals surface area (Å²) in [4.78, 5) is 24.1. The molecule has 0 unspecified atom stereocenters. The molecule has 2 aromatic heterocycles. The van der Waals surface area contributed by atoms with Crippen molar-refractivity contribution in [2.45, 2.75) is 4.90 Å². The molecular weight excluding hydrogens is 338 g/mol. The summed E-state index contributed by atoms with van der Waals surface area (Å²) in [5.41, 5.74) is 2.21. The van der Waals surface area contributed by atoms with E-state index in [2.05, 4.69) is 25.6 Å². The first-order valence-corrected chi connectivity index (χ1v) is 9.09. The van der Waals surface area contributed by atoms with Crippen LogP contribution in [0.1, 0.15) is 0 Å². The molecule has 3 heterocycles. The molecule has 8 nitrogen and oxygen atoms in total. The molecule has 0 radical (unpaired) electrons. The van der Waals surface area contributed by atoms with Crippen LogP contribution in [0.5, 0.6) is 0 Å². The van der Waals surface area contributed by atoms with Crippen LogP contribution in [-0.4, -0.2) is 50.2 Å². The van der Waals surface area contributed by atoms with E-state index < -0.39 is 0 Å². The van der Waals surface area contributed by atoms with Crippen LogP contribution in [-0.2, 0) is 11.8 Å². The number of thioether (sulfide) groups is 1. The molecule has 0 aliphatic carbocycles. The number of rotatable bonds is 4. The highest BCUT2D eigenvalue weighted by Gasteiger charge is 2.35. The molecule has 0 saturated carbocycles. The highest BCUT2D eigenvalue weighted by atomic mass is 32.2. The molecule has 0 atom stereocenters. The zero-order chi connectivity index (χ0) is 17.4. The van der Waals surface area contributed by atoms with Gasteiger partial charge < -0.3 is 10.2 Å². The summed E-state index contributed by atoms with van der Waals surface area (Å²) in [6.07, 6.45) is 3.50. The molecule has 3 aromatic rings. The number of fused-ring (bicyclic) bond motifs is 1. The molecule has 1 N–H and O–H groups in total. The second-order valence-electron chi connectivity index (χ2n) is 5.87. The lowest BCUT2D eigenvalue weighted by molar-refractivity contribution is -0.120. The molecule has 9 heteroatoms. The molecule has 0 bridgehead atoms. The number of aromatic nitrogens is 5. The zero-order valence-electron chi connectivity index (χ0n) is 13.9. The van der Waals surface area contributed by atoms with Crippen LogP contribution in [0.4, 0.5) is 11.5 Å². The predicted octanol–water partition coefficient (Wildman–Crippen LogP) is 1.56. The van der Waals surface area contributed by atoms with Gasteiger partial charge in [-0.3, -0.25) is 4.79 Å². The van der Waals surface area contributed by atoms with Gasteiger partial charge in [0.15, 0.2) is 17.0 Å². The van der Waals surface area contributed by atoms with Gasteiger partial charge in [-0.05, 0) is 18.4 Å². The lowest BCUT2D eigenvalue weighted by Gasteiger charge is -2.38. The number of hydrogen-bond acceptors (Lipinski definition) is 7. The van der Waals surface area contributed by atoms with E-state index in [9.17, 15) is 4.79 Å². The number of carbonyl (C=O) groups is 1. The average Bonchev–Trinajstić information content (AvgIpc) is 2.96. The summed E-state index contributed by atoms with van der Waals surface area (Å²) in [5.74, 6) is 0.686. The Bertz CT molecular complexity index is 935. The van der Waals surface area contributed by atoms with Gasteiger partial charge in [0.2, 0.25) is 5.91 Å². The van der Waals surface area contributed by atoms with Crippen LogP contribution in [0.2, 0.25) is 0 Å². The van der Waals surface area contributed by atoms with E-state index in [1.807, 2.05) is 35.4 Å². The Hall–Kier alpha value is -2.68. The van der Waals surface area contributed by atoms with Crippen LogP contribution in [0.15, 0.2) is 35.5 Å². The molecule has 1 saturated heterocycles. The van der Waals surface area contributed by atoms with Crippen LogP contribution in [0.25, 0.3) is 11.2 Å². The summed E-state index contributed by atoms with van der Waals surface area (Å²) in [7, 11) is 1.79. The molecule has 1 aliphatic rings. The van der Waals surface area contributed by atoms with Crippen molar-refractivity contribution in [2.75, 3.05) is 29.6 Å². The van der Waals surface area contributed by atoms with Crippen molar-refractivity contribution < 1.29 is 4.79 Å². The molecule has 25 heavy (non-hydrogen) atoms. The Morgan fingerprint density at radius 2 is 2.08 bits per heavy atom. The number of benzene rings is 1. The van der Waals surface area contributed by atoms with Gasteiger partial charge in [-0.2, -0.15) is 0 Å². The van der Waals surface area contributed by atoms with E-state index in [1.54, 1.807) is 23.5 Å². The van der Waals surface area contributed by atoms with Gasteiger partial charge >= 0.3 is 0 Å². The third-order valence-electron chi connectivity index (χ3n) is 4.29. The maximum atomic E-state index is 12.5. The van der Waals surface area contributed by atoms with Crippen molar-refractivity contribution in [2.24, 2.45) is 13.0 Å². The largest absolute Gasteiger partial charge is 0.353 e. The third kappa shape index (κ3) is 2.80. The second kappa shape index (κ2) is 6.32. The smallest absolute Gasteiger partial charge is 0.231 e. The summed E-state index contributed by atoms with van der Waals surface area (Å²) in [6, 6.07) is 7.81. The minimum Gasteiger partial charge on any atom is -0.353 e. The first-order chi connectivity index (χ1) is 12.2. The highest BCUT2D eigenvalue weighted by Crippen LogP contribution is 2.29. The van der Waals surface area contributed by atoms with Gasteiger partial charge in [-0.1, -0.05) is 17.3 Å². The Morgan fingerprint density at radius 1 is 1.28 bits per heavy atom. The maximum Gasteiger partial charge on any atom is 0.231 e. The minimum absolute atomic E-state index is 0.0298. The van der Waals surface area contributed by atoms with Gasteiger partial charge in [-0.15, -0.1) is 16.9 Å². The summed E-state index contributed by atoms with van der Waals surface area (Å²) in [6.45, 7) is 1.21. The van der Waals surface area contributed by atoms with Crippen molar-refractivity contribution in [1.29, 1.82) is 0 Å². The molecule has 1 amide bonds. The Morgan fingerprint density at radius 3 is 2.88 bits per heavy atom. The number of nitrogens with one attached hydrogen (secondary N) is 1. The van der Waals surface area contributed by atoms with Crippen LogP contribution >= 0.6 is 11.8 Å². The van der Waals surface area contributed by atoms with Crippen molar-refractivity contribution in [3.8, 4) is 0 Å². The molecule has 0 spiro atoms. The van der Waals surface area contributed by atoms with Crippen molar-refractivity contribution in [3.63, 3.8) is 0 Å². The lowest BCUT2D eigenvalue weighted by atomic mass is 9.99. The molecule has 1 aliphatic heterocycles. The number of anilines is 2. The topological polar surface area (TPSA) is 88.8 Å². The average molecular weight is 355 g/mol. The normalized spacial score (nSPS) is 14.6. The van der Waals surface area contributed by atoms with E-state index in [1.165, 1.54) is 6.33 Å². The first kappa shape index (κ1) is 15.8. The van der Waals surface area contributed by atoms with Gasteiger partial charge in [0, 0.05) is 25.0 Å². The van der Waals surface area contributed by atoms with Crippen molar-refractivity contribution in [1.82, 2.24) is 25.0 Å². The van der Waals surface area contributed by atoms with Crippen LogP contribution in [0, 0.1) is 5.92 Å². The van der Waals surface area contributed by atoms with Gasteiger partial charge in [0.05, 0.1) is 11.6 Å². The van der Waals surface area contributed by atoms with Crippen LogP contribution < -0.4 is 10.2 Å². The monoisotopic (exact) mass is 355 g/mol. The van der Waals surface area contributed by atoms with Gasteiger partial charge in [0.1, 0.15) is 6.33 Å².